The van der Waals surface area contributed by atoms with Crippen LogP contribution in [0.15, 0.2) is 30.7 Å². The zero-order valence-electron chi connectivity index (χ0n) is 5.65. The Balaban J connectivity index is 2.95. The number of hydrogen-bond donors (Lipinski definition) is 0. The van der Waals surface area contributed by atoms with Gasteiger partial charge in [0.15, 0.2) is 5.65 Å². The summed E-state index contributed by atoms with van der Waals surface area (Å²) in [5, 5.41) is 3.94. The van der Waals surface area contributed by atoms with Crippen LogP contribution in [0.25, 0.3) is 5.65 Å². The fraction of sp³-hybridized carbons (Fsp3) is 0. The van der Waals surface area contributed by atoms with Gasteiger partial charge in [-0.05, 0) is 12.1 Å². The van der Waals surface area contributed by atoms with Crippen molar-refractivity contribution >= 4 is 5.65 Å². The summed E-state index contributed by atoms with van der Waals surface area (Å²) < 4.78 is 8.93. The monoisotopic (exact) mass is 120 g/mol. The molecule has 2 aromatic rings. The van der Waals surface area contributed by atoms with Gasteiger partial charge in [0.25, 0.3) is 0 Å². The molecule has 3 nitrogen and oxygen atoms in total. The van der Waals surface area contributed by atoms with Crippen LogP contribution in [0.1, 0.15) is 1.37 Å². The van der Waals surface area contributed by atoms with E-state index in [0.29, 0.717) is 11.7 Å². The average Bonchev–Trinajstić information content (AvgIpc) is 2.36. The van der Waals surface area contributed by atoms with Gasteiger partial charge < -0.3 is 0 Å². The van der Waals surface area contributed by atoms with Gasteiger partial charge in [0, 0.05) is 18.6 Å². The minimum atomic E-state index is 0.403. The van der Waals surface area contributed by atoms with Crippen molar-refractivity contribution in [3.63, 3.8) is 0 Å². The molecule has 44 valence electrons. The lowest BCUT2D eigenvalue weighted by molar-refractivity contribution is 0.936. The van der Waals surface area contributed by atoms with Crippen molar-refractivity contribution in [2.75, 3.05) is 0 Å². The summed E-state index contributed by atoms with van der Waals surface area (Å²) >= 11 is 0. The first-order valence-corrected chi connectivity index (χ1v) is 2.63. The molecule has 0 saturated carbocycles. The van der Waals surface area contributed by atoms with Crippen LogP contribution < -0.4 is 0 Å². The smallest absolute Gasteiger partial charge is 0.153 e. The van der Waals surface area contributed by atoms with Gasteiger partial charge in [0.05, 0.1) is 1.37 Å². The first kappa shape index (κ1) is 3.61. The third kappa shape index (κ3) is 0.579. The summed E-state index contributed by atoms with van der Waals surface area (Å²) in [6.45, 7) is 0. The molecule has 2 heterocycles. The van der Waals surface area contributed by atoms with Crippen molar-refractivity contribution in [1.82, 2.24) is 14.6 Å². The van der Waals surface area contributed by atoms with Gasteiger partial charge >= 0.3 is 0 Å². The average molecular weight is 120 g/mol. The molecule has 0 unspecified atom stereocenters. The highest BCUT2D eigenvalue weighted by atomic mass is 15.2. The molecular formula is C6H5N3. The SMILES string of the molecule is [2H]c1ccnn2ccnc12. The highest BCUT2D eigenvalue weighted by molar-refractivity contribution is 5.34. The maximum Gasteiger partial charge on any atom is 0.153 e. The van der Waals surface area contributed by atoms with E-state index < -0.39 is 0 Å². The van der Waals surface area contributed by atoms with Crippen LogP contribution in [0.3, 0.4) is 0 Å². The molecule has 2 aromatic heterocycles. The number of fused-ring (bicyclic) bond motifs is 1. The molecule has 0 spiro atoms. The van der Waals surface area contributed by atoms with Gasteiger partial charge in [-0.2, -0.15) is 5.10 Å². The minimum absolute atomic E-state index is 0.403. The molecule has 0 atom stereocenters. The second-order valence-electron chi connectivity index (χ2n) is 1.67. The number of hydrogen-bond acceptors (Lipinski definition) is 2. The first-order chi connectivity index (χ1) is 4.88. The second-order valence-corrected chi connectivity index (χ2v) is 1.67. The van der Waals surface area contributed by atoms with Gasteiger partial charge in [0.2, 0.25) is 0 Å². The molecule has 0 N–H and O–H groups in total. The van der Waals surface area contributed by atoms with E-state index >= 15 is 0 Å². The van der Waals surface area contributed by atoms with Crippen molar-refractivity contribution in [3.8, 4) is 0 Å². The maximum atomic E-state index is 7.36. The lowest BCUT2D eigenvalue weighted by atomic mass is 10.6. The van der Waals surface area contributed by atoms with E-state index in [4.69, 9.17) is 1.37 Å². The first-order valence-electron chi connectivity index (χ1n) is 3.13. The summed E-state index contributed by atoms with van der Waals surface area (Å²) in [4.78, 5) is 3.93. The van der Waals surface area contributed by atoms with E-state index in [-0.39, 0.29) is 0 Å². The van der Waals surface area contributed by atoms with Gasteiger partial charge in [0.1, 0.15) is 0 Å². The fourth-order valence-corrected chi connectivity index (χ4v) is 0.710. The summed E-state index contributed by atoms with van der Waals surface area (Å²) in [6, 6.07) is 2.02. The molecule has 2 rings (SSSR count). The van der Waals surface area contributed by atoms with E-state index in [2.05, 4.69) is 10.1 Å². The van der Waals surface area contributed by atoms with E-state index in [0.717, 1.165) is 0 Å². The molecule has 0 radical (unpaired) electrons. The van der Waals surface area contributed by atoms with Gasteiger partial charge in [-0.1, -0.05) is 0 Å². The van der Waals surface area contributed by atoms with E-state index in [1.165, 1.54) is 0 Å². The second kappa shape index (κ2) is 1.55. The van der Waals surface area contributed by atoms with Crippen molar-refractivity contribution in [2.24, 2.45) is 0 Å². The van der Waals surface area contributed by atoms with Crippen LogP contribution in [0.5, 0.6) is 0 Å². The molecule has 0 saturated heterocycles. The number of rotatable bonds is 0. The highest BCUT2D eigenvalue weighted by Gasteiger charge is 1.86. The third-order valence-electron chi connectivity index (χ3n) is 1.10. The van der Waals surface area contributed by atoms with Crippen LogP contribution >= 0.6 is 0 Å². The molecule has 3 heteroatoms. The molecular weight excluding hydrogens is 114 g/mol. The Morgan fingerprint density at radius 2 is 2.56 bits per heavy atom. The number of aromatic nitrogens is 3. The van der Waals surface area contributed by atoms with E-state index in [1.807, 2.05) is 0 Å². The van der Waals surface area contributed by atoms with Crippen molar-refractivity contribution in [2.45, 2.75) is 0 Å². The van der Waals surface area contributed by atoms with Crippen LogP contribution in [0.4, 0.5) is 0 Å². The Kier molecular flexibility index (Phi) is 0.621. The van der Waals surface area contributed by atoms with E-state index in [9.17, 15) is 0 Å². The Bertz CT molecular complexity index is 355. The van der Waals surface area contributed by atoms with Gasteiger partial charge in [-0.15, -0.1) is 0 Å². The zero-order chi connectivity index (χ0) is 6.97. The molecule has 9 heavy (non-hydrogen) atoms. The Hall–Kier alpha value is -1.38. The topological polar surface area (TPSA) is 30.2 Å². The summed E-state index contributed by atoms with van der Waals surface area (Å²) in [5.74, 6) is 0. The van der Waals surface area contributed by atoms with Crippen LogP contribution in [-0.4, -0.2) is 14.6 Å². The summed E-state index contributed by atoms with van der Waals surface area (Å²) in [5.41, 5.74) is 0.600. The van der Waals surface area contributed by atoms with Gasteiger partial charge in [-0.25, -0.2) is 9.50 Å². The lowest BCUT2D eigenvalue weighted by Gasteiger charge is -1.85. The number of nitrogens with zero attached hydrogens (tertiary/aromatic N) is 3. The van der Waals surface area contributed by atoms with Crippen LogP contribution in [-0.2, 0) is 0 Å². The normalized spacial score (nSPS) is 11.8. The fourth-order valence-electron chi connectivity index (χ4n) is 0.710. The molecule has 0 bridgehead atoms. The Morgan fingerprint density at radius 3 is 3.44 bits per heavy atom. The lowest BCUT2D eigenvalue weighted by Crippen LogP contribution is -1.85. The summed E-state index contributed by atoms with van der Waals surface area (Å²) in [7, 11) is 0. The van der Waals surface area contributed by atoms with Crippen molar-refractivity contribution in [1.29, 1.82) is 0 Å². The molecule has 0 aliphatic rings. The zero-order valence-corrected chi connectivity index (χ0v) is 4.65. The summed E-state index contributed by atoms with van der Waals surface area (Å²) in [6.07, 6.45) is 4.92. The number of imidazole rings is 1. The highest BCUT2D eigenvalue weighted by Crippen LogP contribution is 1.93. The Morgan fingerprint density at radius 1 is 1.56 bits per heavy atom. The van der Waals surface area contributed by atoms with Gasteiger partial charge in [-0.3, -0.25) is 0 Å². The molecule has 0 aliphatic carbocycles. The maximum absolute atomic E-state index is 7.36. The molecule has 0 aliphatic heterocycles. The third-order valence-corrected chi connectivity index (χ3v) is 1.10. The molecule has 0 fully saturated rings. The molecule has 0 aromatic carbocycles. The minimum Gasteiger partial charge on any atom is -0.236 e. The van der Waals surface area contributed by atoms with Crippen molar-refractivity contribution in [3.05, 3.63) is 30.7 Å². The van der Waals surface area contributed by atoms with Crippen molar-refractivity contribution < 1.29 is 1.37 Å². The largest absolute Gasteiger partial charge is 0.236 e. The Labute approximate surface area is 53.4 Å². The van der Waals surface area contributed by atoms with Crippen LogP contribution in [0.2, 0.25) is 0 Å². The molecule has 0 amide bonds. The predicted molar refractivity (Wildman–Crippen MR) is 33.0 cm³/mol. The quantitative estimate of drug-likeness (QED) is 0.513. The predicted octanol–water partition coefficient (Wildman–Crippen LogP) is 0.729. The van der Waals surface area contributed by atoms with Crippen LogP contribution in [0, 0.1) is 0 Å². The standard InChI is InChI=1S/C6H5N3/c1-2-6-7-4-5-9(6)8-3-1/h1-5H/i2D. The van der Waals surface area contributed by atoms with E-state index in [1.54, 1.807) is 29.2 Å².